The van der Waals surface area contributed by atoms with Crippen LogP contribution >= 0.6 is 31.9 Å². The van der Waals surface area contributed by atoms with Crippen molar-refractivity contribution in [1.29, 1.82) is 0 Å². The zero-order valence-electron chi connectivity index (χ0n) is 12.9. The number of aromatic nitrogens is 1. The molecule has 0 saturated heterocycles. The second-order valence-corrected chi connectivity index (χ2v) is 7.77. The van der Waals surface area contributed by atoms with Crippen LogP contribution in [0.25, 0.3) is 0 Å². The smallest absolute Gasteiger partial charge is 0.286 e. The Hall–Kier alpha value is -1.60. The van der Waals surface area contributed by atoms with Gasteiger partial charge in [0.05, 0.1) is 5.41 Å². The minimum Gasteiger partial charge on any atom is -0.356 e. The molecular formula is C17H17Br2N3O2. The Bertz CT molecular complexity index is 749. The van der Waals surface area contributed by atoms with Gasteiger partial charge in [0.25, 0.3) is 5.91 Å². The second kappa shape index (κ2) is 7.11. The highest BCUT2D eigenvalue weighted by atomic mass is 79.9. The number of rotatable bonds is 3. The van der Waals surface area contributed by atoms with Crippen LogP contribution < -0.4 is 10.9 Å². The Balaban J connectivity index is 1.73. The number of carbonyl (C=O) groups is 2. The molecule has 0 aliphatic heterocycles. The summed E-state index contributed by atoms with van der Waals surface area (Å²) in [5.41, 5.74) is 5.88. The fraction of sp³-hybridized carbons (Fsp3) is 0.294. The number of hydrogen-bond acceptors (Lipinski definition) is 2. The summed E-state index contributed by atoms with van der Waals surface area (Å²) in [5, 5.41) is 0. The first-order valence-electron chi connectivity index (χ1n) is 7.72. The van der Waals surface area contributed by atoms with E-state index in [-0.39, 0.29) is 11.8 Å². The largest absolute Gasteiger partial charge is 0.356 e. The van der Waals surface area contributed by atoms with Crippen molar-refractivity contribution in [2.24, 2.45) is 0 Å². The van der Waals surface area contributed by atoms with Gasteiger partial charge in [0.2, 0.25) is 5.91 Å². The Morgan fingerprint density at radius 3 is 2.25 bits per heavy atom. The number of amides is 2. The SMILES string of the molecule is O=C(NNC(=O)C1(c2ccc(Br)cc2)CCCC1)c1cc(Br)c[nH]1. The fourth-order valence-corrected chi connectivity index (χ4v) is 3.80. The zero-order valence-corrected chi connectivity index (χ0v) is 16.0. The highest BCUT2D eigenvalue weighted by molar-refractivity contribution is 9.10. The van der Waals surface area contributed by atoms with Gasteiger partial charge in [-0.25, -0.2) is 0 Å². The quantitative estimate of drug-likeness (QED) is 0.617. The van der Waals surface area contributed by atoms with Crippen LogP contribution in [0.5, 0.6) is 0 Å². The number of hydrogen-bond donors (Lipinski definition) is 3. The van der Waals surface area contributed by atoms with Gasteiger partial charge in [0.1, 0.15) is 5.69 Å². The summed E-state index contributed by atoms with van der Waals surface area (Å²) >= 11 is 6.70. The Morgan fingerprint density at radius 2 is 1.67 bits per heavy atom. The Kier molecular flexibility index (Phi) is 5.10. The molecule has 2 amide bonds. The Labute approximate surface area is 156 Å². The van der Waals surface area contributed by atoms with Gasteiger partial charge in [-0.1, -0.05) is 40.9 Å². The van der Waals surface area contributed by atoms with Gasteiger partial charge in [-0.05, 0) is 52.5 Å². The van der Waals surface area contributed by atoms with E-state index >= 15 is 0 Å². The fourth-order valence-electron chi connectivity index (χ4n) is 3.19. The third-order valence-corrected chi connectivity index (χ3v) is 5.46. The normalized spacial score (nSPS) is 15.9. The molecule has 24 heavy (non-hydrogen) atoms. The Morgan fingerprint density at radius 1 is 1.00 bits per heavy atom. The van der Waals surface area contributed by atoms with E-state index < -0.39 is 5.41 Å². The van der Waals surface area contributed by atoms with Crippen molar-refractivity contribution in [3.05, 3.63) is 56.7 Å². The van der Waals surface area contributed by atoms with Crippen molar-refractivity contribution < 1.29 is 9.59 Å². The number of benzene rings is 1. The van der Waals surface area contributed by atoms with E-state index in [2.05, 4.69) is 47.7 Å². The van der Waals surface area contributed by atoms with E-state index in [0.29, 0.717) is 5.69 Å². The van der Waals surface area contributed by atoms with Gasteiger partial charge in [0.15, 0.2) is 0 Å². The van der Waals surface area contributed by atoms with Gasteiger partial charge in [-0.2, -0.15) is 0 Å². The molecule has 1 aliphatic rings. The average molecular weight is 455 g/mol. The van der Waals surface area contributed by atoms with Crippen molar-refractivity contribution in [2.75, 3.05) is 0 Å². The van der Waals surface area contributed by atoms with Gasteiger partial charge >= 0.3 is 0 Å². The molecule has 126 valence electrons. The third-order valence-electron chi connectivity index (χ3n) is 4.47. The lowest BCUT2D eigenvalue weighted by Gasteiger charge is -2.28. The first kappa shape index (κ1) is 17.2. The molecule has 1 fully saturated rings. The molecule has 1 aliphatic carbocycles. The number of aromatic amines is 1. The first-order chi connectivity index (χ1) is 11.5. The standard InChI is InChI=1S/C17H17Br2N3O2/c18-12-5-3-11(4-6-12)17(7-1-2-8-17)16(24)22-21-15(23)14-9-13(19)10-20-14/h3-6,9-10,20H,1-2,7-8H2,(H,21,23)(H,22,24). The van der Waals surface area contributed by atoms with E-state index in [9.17, 15) is 9.59 Å². The van der Waals surface area contributed by atoms with Gasteiger partial charge in [0, 0.05) is 15.1 Å². The molecule has 1 aromatic carbocycles. The van der Waals surface area contributed by atoms with Gasteiger partial charge < -0.3 is 4.98 Å². The topological polar surface area (TPSA) is 74.0 Å². The van der Waals surface area contributed by atoms with Crippen LogP contribution in [0.2, 0.25) is 0 Å². The summed E-state index contributed by atoms with van der Waals surface area (Å²) < 4.78 is 1.76. The predicted molar refractivity (Wildman–Crippen MR) is 98.4 cm³/mol. The van der Waals surface area contributed by atoms with E-state index in [1.807, 2.05) is 24.3 Å². The monoisotopic (exact) mass is 453 g/mol. The molecule has 0 unspecified atom stereocenters. The van der Waals surface area contributed by atoms with Crippen LogP contribution in [-0.4, -0.2) is 16.8 Å². The summed E-state index contributed by atoms with van der Waals surface area (Å²) in [6, 6.07) is 9.48. The van der Waals surface area contributed by atoms with Gasteiger partial charge in [-0.15, -0.1) is 0 Å². The van der Waals surface area contributed by atoms with Crippen LogP contribution in [0, 0.1) is 0 Å². The lowest BCUT2D eigenvalue weighted by molar-refractivity contribution is -0.127. The highest BCUT2D eigenvalue weighted by Crippen LogP contribution is 2.41. The summed E-state index contributed by atoms with van der Waals surface area (Å²) in [7, 11) is 0. The maximum absolute atomic E-state index is 12.8. The molecule has 7 heteroatoms. The molecule has 0 spiro atoms. The van der Waals surface area contributed by atoms with Crippen LogP contribution in [0.1, 0.15) is 41.7 Å². The zero-order chi connectivity index (χ0) is 17.2. The molecule has 2 aromatic rings. The maximum atomic E-state index is 12.8. The molecule has 0 atom stereocenters. The molecule has 3 N–H and O–H groups in total. The lowest BCUT2D eigenvalue weighted by atomic mass is 9.78. The third kappa shape index (κ3) is 3.42. The van der Waals surface area contributed by atoms with Crippen molar-refractivity contribution in [2.45, 2.75) is 31.1 Å². The highest BCUT2D eigenvalue weighted by Gasteiger charge is 2.42. The molecule has 1 heterocycles. The summed E-state index contributed by atoms with van der Waals surface area (Å²) in [6.45, 7) is 0. The van der Waals surface area contributed by atoms with Crippen LogP contribution in [0.4, 0.5) is 0 Å². The lowest BCUT2D eigenvalue weighted by Crippen LogP contribution is -2.50. The number of halogens is 2. The summed E-state index contributed by atoms with van der Waals surface area (Å²) in [5.74, 6) is -0.542. The van der Waals surface area contributed by atoms with Crippen LogP contribution in [0.3, 0.4) is 0 Å². The number of nitrogens with one attached hydrogen (secondary N) is 3. The first-order valence-corrected chi connectivity index (χ1v) is 9.31. The molecular weight excluding hydrogens is 438 g/mol. The minimum atomic E-state index is -0.579. The molecule has 5 nitrogen and oxygen atoms in total. The van der Waals surface area contributed by atoms with Crippen molar-refractivity contribution in [1.82, 2.24) is 15.8 Å². The van der Waals surface area contributed by atoms with Crippen LogP contribution in [-0.2, 0) is 10.2 Å². The van der Waals surface area contributed by atoms with Gasteiger partial charge in [-0.3, -0.25) is 20.4 Å². The van der Waals surface area contributed by atoms with E-state index in [0.717, 1.165) is 40.2 Å². The predicted octanol–water partition coefficient (Wildman–Crippen LogP) is 3.81. The summed E-state index contributed by atoms with van der Waals surface area (Å²) in [6.07, 6.45) is 5.23. The average Bonchev–Trinajstić information content (AvgIpc) is 3.23. The molecule has 1 saturated carbocycles. The van der Waals surface area contributed by atoms with Crippen LogP contribution in [0.15, 0.2) is 45.5 Å². The number of H-pyrrole nitrogens is 1. The van der Waals surface area contributed by atoms with E-state index in [1.165, 1.54) is 0 Å². The number of carbonyl (C=O) groups excluding carboxylic acids is 2. The minimum absolute atomic E-state index is 0.165. The second-order valence-electron chi connectivity index (χ2n) is 5.94. The molecule has 1 aromatic heterocycles. The molecule has 0 bridgehead atoms. The molecule has 3 rings (SSSR count). The summed E-state index contributed by atoms with van der Waals surface area (Å²) in [4.78, 5) is 27.7. The van der Waals surface area contributed by atoms with Crippen molar-refractivity contribution >= 4 is 43.7 Å². The van der Waals surface area contributed by atoms with Crippen molar-refractivity contribution in [3.8, 4) is 0 Å². The number of hydrazine groups is 1. The van der Waals surface area contributed by atoms with Crippen molar-refractivity contribution in [3.63, 3.8) is 0 Å². The maximum Gasteiger partial charge on any atom is 0.286 e. The van der Waals surface area contributed by atoms with E-state index in [1.54, 1.807) is 12.3 Å². The van der Waals surface area contributed by atoms with E-state index in [4.69, 9.17) is 0 Å². The molecule has 0 radical (unpaired) electrons.